The lowest BCUT2D eigenvalue weighted by Crippen LogP contribution is -2.48. The number of rotatable bonds is 5. The molecule has 0 radical (unpaired) electrons. The molecule has 1 aliphatic rings. The summed E-state index contributed by atoms with van der Waals surface area (Å²) < 4.78 is 6.35. The summed E-state index contributed by atoms with van der Waals surface area (Å²) in [4.78, 5) is 2.45. The second-order valence-electron chi connectivity index (χ2n) is 8.41. The number of hydrogen-bond acceptors (Lipinski definition) is 3. The Morgan fingerprint density at radius 3 is 2.48 bits per heavy atom. The van der Waals surface area contributed by atoms with Crippen LogP contribution in [0.1, 0.15) is 32.8 Å². The first-order valence-electron chi connectivity index (χ1n) is 8.77. The van der Waals surface area contributed by atoms with Gasteiger partial charge in [0.15, 0.2) is 8.32 Å². The summed E-state index contributed by atoms with van der Waals surface area (Å²) in [6.45, 7) is 14.9. The second kappa shape index (κ2) is 7.47. The summed E-state index contributed by atoms with van der Waals surface area (Å²) in [5.41, 5.74) is 1.34. The molecule has 0 aromatic heterocycles. The highest BCUT2D eigenvalue weighted by atomic mass is 28.4. The fourth-order valence-electron chi connectivity index (χ4n) is 2.78. The Bertz CT molecular complexity index is 484. The monoisotopic (exact) mass is 335 g/mol. The molecule has 1 heterocycles. The van der Waals surface area contributed by atoms with E-state index in [1.165, 1.54) is 5.56 Å². The maximum atomic E-state index is 10.4. The summed E-state index contributed by atoms with van der Waals surface area (Å²) in [6, 6.07) is 10.6. The van der Waals surface area contributed by atoms with Gasteiger partial charge in [0.2, 0.25) is 0 Å². The Hall–Kier alpha value is -0.683. The van der Waals surface area contributed by atoms with Crippen molar-refractivity contribution in [2.45, 2.75) is 58.0 Å². The third kappa shape index (κ3) is 5.15. The third-order valence-electron chi connectivity index (χ3n) is 5.49. The molecule has 1 aliphatic heterocycles. The lowest BCUT2D eigenvalue weighted by atomic mass is 9.95. The molecule has 23 heavy (non-hydrogen) atoms. The van der Waals surface area contributed by atoms with Crippen LogP contribution in [0.2, 0.25) is 18.1 Å². The lowest BCUT2D eigenvalue weighted by molar-refractivity contribution is 0.000453. The Morgan fingerprint density at radius 2 is 1.87 bits per heavy atom. The molecule has 1 fully saturated rings. The molecule has 2 atom stereocenters. The fourth-order valence-corrected chi connectivity index (χ4v) is 3.84. The van der Waals surface area contributed by atoms with Gasteiger partial charge in [0.25, 0.3) is 0 Å². The van der Waals surface area contributed by atoms with E-state index < -0.39 is 8.32 Å². The zero-order valence-corrected chi connectivity index (χ0v) is 16.4. The predicted octanol–water partition coefficient (Wildman–Crippen LogP) is 3.89. The van der Waals surface area contributed by atoms with E-state index in [4.69, 9.17) is 4.43 Å². The van der Waals surface area contributed by atoms with Crippen LogP contribution >= 0.6 is 0 Å². The molecule has 0 saturated carbocycles. The first-order valence-corrected chi connectivity index (χ1v) is 11.7. The molecule has 1 aromatic rings. The van der Waals surface area contributed by atoms with E-state index in [2.05, 4.69) is 69.1 Å². The Kier molecular flexibility index (Phi) is 6.06. The SMILES string of the molecule is CC(C)(C)[Si](C)(C)OC[C@@H]1CN(Cc2ccccc2)CC[C@H]1O. The van der Waals surface area contributed by atoms with Crippen molar-refractivity contribution in [1.82, 2.24) is 4.90 Å². The molecule has 0 bridgehead atoms. The van der Waals surface area contributed by atoms with Crippen molar-refractivity contribution in [3.8, 4) is 0 Å². The van der Waals surface area contributed by atoms with Gasteiger partial charge in [0.05, 0.1) is 6.10 Å². The molecule has 0 unspecified atom stereocenters. The Balaban J connectivity index is 1.91. The molecule has 1 saturated heterocycles. The topological polar surface area (TPSA) is 32.7 Å². The second-order valence-corrected chi connectivity index (χ2v) is 13.2. The highest BCUT2D eigenvalue weighted by Gasteiger charge is 2.38. The van der Waals surface area contributed by atoms with E-state index in [0.29, 0.717) is 6.61 Å². The van der Waals surface area contributed by atoms with Gasteiger partial charge in [-0.15, -0.1) is 0 Å². The minimum Gasteiger partial charge on any atom is -0.416 e. The zero-order chi connectivity index (χ0) is 17.1. The van der Waals surface area contributed by atoms with Crippen LogP contribution in [0.4, 0.5) is 0 Å². The van der Waals surface area contributed by atoms with Crippen LogP contribution in [0, 0.1) is 5.92 Å². The van der Waals surface area contributed by atoms with Crippen LogP contribution in [0.3, 0.4) is 0 Å². The third-order valence-corrected chi connectivity index (χ3v) is 9.99. The molecule has 0 amide bonds. The highest BCUT2D eigenvalue weighted by Crippen LogP contribution is 2.37. The first kappa shape index (κ1) is 18.7. The number of piperidine rings is 1. The standard InChI is InChI=1S/C19H33NO2Si/c1-19(2,3)23(4,5)22-15-17-14-20(12-11-18(17)21)13-16-9-7-6-8-10-16/h6-10,17-18,21H,11-15H2,1-5H3/t17-,18+/m0/s1. The molecular formula is C19H33NO2Si. The number of aliphatic hydroxyl groups is 1. The van der Waals surface area contributed by atoms with Gasteiger partial charge in [-0.25, -0.2) is 0 Å². The zero-order valence-electron chi connectivity index (χ0n) is 15.4. The maximum absolute atomic E-state index is 10.4. The summed E-state index contributed by atoms with van der Waals surface area (Å²) >= 11 is 0. The van der Waals surface area contributed by atoms with Crippen molar-refractivity contribution < 1.29 is 9.53 Å². The maximum Gasteiger partial charge on any atom is 0.191 e. The fraction of sp³-hybridized carbons (Fsp3) is 0.684. The number of benzene rings is 1. The number of nitrogens with zero attached hydrogens (tertiary/aromatic N) is 1. The highest BCUT2D eigenvalue weighted by molar-refractivity contribution is 6.74. The molecule has 3 nitrogen and oxygen atoms in total. The summed E-state index contributed by atoms with van der Waals surface area (Å²) in [6.07, 6.45) is 0.616. The number of hydrogen-bond donors (Lipinski definition) is 1. The average molecular weight is 336 g/mol. The van der Waals surface area contributed by atoms with Crippen LogP contribution in [0.5, 0.6) is 0 Å². The van der Waals surface area contributed by atoms with E-state index >= 15 is 0 Å². The predicted molar refractivity (Wildman–Crippen MR) is 99.0 cm³/mol. The van der Waals surface area contributed by atoms with Crippen LogP contribution in [-0.2, 0) is 11.0 Å². The lowest BCUT2D eigenvalue weighted by Gasteiger charge is -2.40. The number of likely N-dealkylation sites (tertiary alicyclic amines) is 1. The van der Waals surface area contributed by atoms with Crippen molar-refractivity contribution in [2.24, 2.45) is 5.92 Å². The summed E-state index contributed by atoms with van der Waals surface area (Å²) in [5, 5.41) is 10.6. The van der Waals surface area contributed by atoms with E-state index in [1.54, 1.807) is 0 Å². The molecule has 4 heteroatoms. The van der Waals surface area contributed by atoms with Gasteiger partial charge in [-0.1, -0.05) is 51.1 Å². The Labute approximate surface area is 142 Å². The quantitative estimate of drug-likeness (QED) is 0.829. The Morgan fingerprint density at radius 1 is 1.22 bits per heavy atom. The molecule has 0 spiro atoms. The minimum atomic E-state index is -1.74. The summed E-state index contributed by atoms with van der Waals surface area (Å²) in [7, 11) is -1.74. The van der Waals surface area contributed by atoms with Crippen LogP contribution in [0.15, 0.2) is 30.3 Å². The van der Waals surface area contributed by atoms with Crippen molar-refractivity contribution in [2.75, 3.05) is 19.7 Å². The summed E-state index contributed by atoms with van der Waals surface area (Å²) in [5.74, 6) is 0.224. The van der Waals surface area contributed by atoms with Crippen LogP contribution < -0.4 is 0 Å². The average Bonchev–Trinajstić information content (AvgIpc) is 2.48. The van der Waals surface area contributed by atoms with Gasteiger partial charge in [-0.2, -0.15) is 0 Å². The van der Waals surface area contributed by atoms with Crippen molar-refractivity contribution in [1.29, 1.82) is 0 Å². The van der Waals surface area contributed by atoms with Crippen LogP contribution in [-0.4, -0.2) is 44.1 Å². The van der Waals surface area contributed by atoms with Gasteiger partial charge in [-0.3, -0.25) is 4.90 Å². The van der Waals surface area contributed by atoms with Crippen molar-refractivity contribution in [3.63, 3.8) is 0 Å². The van der Waals surface area contributed by atoms with Crippen molar-refractivity contribution >= 4 is 8.32 Å². The molecule has 1 N–H and O–H groups in total. The largest absolute Gasteiger partial charge is 0.416 e. The van der Waals surface area contributed by atoms with Gasteiger partial charge in [-0.05, 0) is 30.1 Å². The van der Waals surface area contributed by atoms with E-state index in [1.807, 2.05) is 0 Å². The van der Waals surface area contributed by atoms with E-state index in [9.17, 15) is 5.11 Å². The van der Waals surface area contributed by atoms with Gasteiger partial charge >= 0.3 is 0 Å². The number of aliphatic hydroxyl groups excluding tert-OH is 1. The van der Waals surface area contributed by atoms with Gasteiger partial charge in [0, 0.05) is 32.2 Å². The smallest absolute Gasteiger partial charge is 0.191 e. The molecular weight excluding hydrogens is 302 g/mol. The van der Waals surface area contributed by atoms with E-state index in [-0.39, 0.29) is 17.1 Å². The first-order chi connectivity index (χ1) is 10.7. The van der Waals surface area contributed by atoms with E-state index in [0.717, 1.165) is 26.1 Å². The normalized spacial score (nSPS) is 23.9. The minimum absolute atomic E-state index is 0.219. The molecule has 1 aromatic carbocycles. The van der Waals surface area contributed by atoms with Crippen LogP contribution in [0.25, 0.3) is 0 Å². The van der Waals surface area contributed by atoms with Gasteiger partial charge in [0.1, 0.15) is 0 Å². The molecule has 2 rings (SSSR count). The molecule has 0 aliphatic carbocycles. The molecule has 130 valence electrons. The van der Waals surface area contributed by atoms with Gasteiger partial charge < -0.3 is 9.53 Å². The van der Waals surface area contributed by atoms with Crippen molar-refractivity contribution in [3.05, 3.63) is 35.9 Å².